The second-order valence-corrected chi connectivity index (χ2v) is 6.92. The molecule has 1 heterocycles. The van der Waals surface area contributed by atoms with Crippen LogP contribution in [0.1, 0.15) is 44.0 Å². The zero-order valence-electron chi connectivity index (χ0n) is 13.7. The number of aliphatic hydroxyl groups excluding tert-OH is 1. The van der Waals surface area contributed by atoms with Gasteiger partial charge in [0.2, 0.25) is 5.91 Å². The van der Waals surface area contributed by atoms with Crippen molar-refractivity contribution >= 4 is 17.5 Å². The van der Waals surface area contributed by atoms with Gasteiger partial charge in [-0.3, -0.25) is 9.59 Å². The van der Waals surface area contributed by atoms with Gasteiger partial charge >= 0.3 is 0 Å². The van der Waals surface area contributed by atoms with Gasteiger partial charge in [0.25, 0.3) is 5.91 Å². The Kier molecular flexibility index (Phi) is 5.04. The minimum atomic E-state index is -0.616. The molecule has 1 saturated heterocycles. The number of hydrogen-bond donors (Lipinski definition) is 2. The van der Waals surface area contributed by atoms with Crippen molar-refractivity contribution in [1.82, 2.24) is 4.90 Å². The summed E-state index contributed by atoms with van der Waals surface area (Å²) in [5.74, 6) is -1.24. The molecule has 0 unspecified atom stereocenters. The molecule has 2 rings (SSSR count). The number of hydrogen-bond acceptors (Lipinski definition) is 3. The molecule has 0 radical (unpaired) electrons. The maximum absolute atomic E-state index is 14.0. The molecule has 0 atom stereocenters. The van der Waals surface area contributed by atoms with Crippen molar-refractivity contribution in [2.24, 2.45) is 5.41 Å². The Bertz CT molecular complexity index is 602. The van der Waals surface area contributed by atoms with Gasteiger partial charge in [-0.05, 0) is 31.0 Å². The molecule has 2 amide bonds. The summed E-state index contributed by atoms with van der Waals surface area (Å²) < 4.78 is 14.0. The first-order chi connectivity index (χ1) is 10.7. The summed E-state index contributed by atoms with van der Waals surface area (Å²) in [5, 5.41) is 12.2. The average molecular weight is 322 g/mol. The lowest BCUT2D eigenvalue weighted by Crippen LogP contribution is -2.40. The Morgan fingerprint density at radius 2 is 1.87 bits per heavy atom. The number of anilines is 1. The fraction of sp³-hybridized carbons (Fsp3) is 0.529. The molecule has 1 aromatic rings. The van der Waals surface area contributed by atoms with E-state index in [0.717, 1.165) is 0 Å². The number of rotatable bonds is 2. The van der Waals surface area contributed by atoms with Gasteiger partial charge in [0.1, 0.15) is 5.82 Å². The Balaban J connectivity index is 2.17. The van der Waals surface area contributed by atoms with Crippen LogP contribution in [0.15, 0.2) is 18.2 Å². The highest BCUT2D eigenvalue weighted by Gasteiger charge is 2.25. The highest BCUT2D eigenvalue weighted by molar-refractivity contribution is 5.98. The van der Waals surface area contributed by atoms with Crippen LogP contribution in [0.2, 0.25) is 0 Å². The summed E-state index contributed by atoms with van der Waals surface area (Å²) in [7, 11) is 0. The van der Waals surface area contributed by atoms with Crippen LogP contribution in [-0.4, -0.2) is 41.0 Å². The van der Waals surface area contributed by atoms with E-state index >= 15 is 0 Å². The number of nitrogens with one attached hydrogen (secondary N) is 1. The van der Waals surface area contributed by atoms with Crippen molar-refractivity contribution in [3.63, 3.8) is 0 Å². The molecule has 0 aliphatic carbocycles. The van der Waals surface area contributed by atoms with Gasteiger partial charge in [0, 0.05) is 24.2 Å². The Labute approximate surface area is 135 Å². The third-order valence-electron chi connectivity index (χ3n) is 3.89. The summed E-state index contributed by atoms with van der Waals surface area (Å²) in [6.45, 7) is 6.13. The average Bonchev–Trinajstić information content (AvgIpc) is 2.48. The van der Waals surface area contributed by atoms with E-state index in [2.05, 4.69) is 5.32 Å². The maximum Gasteiger partial charge on any atom is 0.256 e. The van der Waals surface area contributed by atoms with Crippen molar-refractivity contribution in [2.45, 2.75) is 39.7 Å². The van der Waals surface area contributed by atoms with Crippen LogP contribution in [0, 0.1) is 11.2 Å². The lowest BCUT2D eigenvalue weighted by Gasteiger charge is -2.29. The highest BCUT2D eigenvalue weighted by atomic mass is 19.1. The Morgan fingerprint density at radius 3 is 2.43 bits per heavy atom. The van der Waals surface area contributed by atoms with Crippen LogP contribution in [0.4, 0.5) is 10.1 Å². The molecule has 1 aromatic carbocycles. The normalized spacial score (nSPS) is 16.3. The number of benzene rings is 1. The number of nitrogens with zero attached hydrogens (tertiary/aromatic N) is 1. The minimum Gasteiger partial charge on any atom is -0.393 e. The van der Waals surface area contributed by atoms with Crippen LogP contribution >= 0.6 is 0 Å². The molecule has 0 bridgehead atoms. The van der Waals surface area contributed by atoms with E-state index in [-0.39, 0.29) is 11.5 Å². The van der Waals surface area contributed by atoms with Crippen molar-refractivity contribution in [1.29, 1.82) is 0 Å². The summed E-state index contributed by atoms with van der Waals surface area (Å²) in [5.41, 5.74) is -0.249. The lowest BCUT2D eigenvalue weighted by atomic mass is 9.95. The molecule has 0 saturated carbocycles. The molecule has 1 fully saturated rings. The van der Waals surface area contributed by atoms with Crippen LogP contribution in [-0.2, 0) is 4.79 Å². The number of carbonyl (C=O) groups excluding carboxylic acids is 2. The van der Waals surface area contributed by atoms with Crippen molar-refractivity contribution < 1.29 is 19.1 Å². The lowest BCUT2D eigenvalue weighted by molar-refractivity contribution is -0.123. The van der Waals surface area contributed by atoms with Gasteiger partial charge in [0.05, 0.1) is 11.7 Å². The molecule has 1 aliphatic heterocycles. The van der Waals surface area contributed by atoms with Crippen LogP contribution < -0.4 is 5.32 Å². The zero-order chi connectivity index (χ0) is 17.2. The van der Waals surface area contributed by atoms with E-state index in [9.17, 15) is 19.1 Å². The van der Waals surface area contributed by atoms with Crippen molar-refractivity contribution in [3.8, 4) is 0 Å². The standard InChI is InChI=1S/C17H23FN2O3/c1-17(2,3)16(23)19-11-4-5-14(18)13(10-11)15(22)20-8-6-12(21)7-9-20/h4-5,10,12,21H,6-9H2,1-3H3,(H,19,23). The fourth-order valence-electron chi connectivity index (χ4n) is 2.32. The topological polar surface area (TPSA) is 69.6 Å². The number of piperidine rings is 1. The van der Waals surface area contributed by atoms with Crippen LogP contribution in [0.5, 0.6) is 0 Å². The minimum absolute atomic E-state index is 0.0619. The van der Waals surface area contributed by atoms with Gasteiger partial charge in [-0.1, -0.05) is 20.8 Å². The van der Waals surface area contributed by atoms with Gasteiger partial charge in [-0.15, -0.1) is 0 Å². The SMILES string of the molecule is CC(C)(C)C(=O)Nc1ccc(F)c(C(=O)N2CCC(O)CC2)c1. The maximum atomic E-state index is 14.0. The predicted molar refractivity (Wildman–Crippen MR) is 85.6 cm³/mol. The predicted octanol–water partition coefficient (Wildman–Crippen LogP) is 2.41. The van der Waals surface area contributed by atoms with Gasteiger partial charge in [-0.2, -0.15) is 0 Å². The van der Waals surface area contributed by atoms with E-state index in [1.54, 1.807) is 20.8 Å². The third kappa shape index (κ3) is 4.28. The quantitative estimate of drug-likeness (QED) is 0.878. The van der Waals surface area contributed by atoms with Crippen molar-refractivity contribution in [3.05, 3.63) is 29.6 Å². The summed E-state index contributed by atoms with van der Waals surface area (Å²) in [6, 6.07) is 3.99. The molecule has 0 spiro atoms. The van der Waals surface area contributed by atoms with Gasteiger partial charge in [0.15, 0.2) is 0 Å². The number of carbonyl (C=O) groups is 2. The smallest absolute Gasteiger partial charge is 0.256 e. The summed E-state index contributed by atoms with van der Waals surface area (Å²) in [6.07, 6.45) is 0.586. The largest absolute Gasteiger partial charge is 0.393 e. The molecule has 6 heteroatoms. The first-order valence-corrected chi connectivity index (χ1v) is 7.77. The van der Waals surface area contributed by atoms with Gasteiger partial charge < -0.3 is 15.3 Å². The molecule has 126 valence electrons. The highest BCUT2D eigenvalue weighted by Crippen LogP contribution is 2.22. The summed E-state index contributed by atoms with van der Waals surface area (Å²) >= 11 is 0. The first-order valence-electron chi connectivity index (χ1n) is 7.77. The second-order valence-electron chi connectivity index (χ2n) is 6.92. The van der Waals surface area contributed by atoms with E-state index < -0.39 is 23.2 Å². The molecule has 5 nitrogen and oxygen atoms in total. The zero-order valence-corrected chi connectivity index (χ0v) is 13.7. The molecular weight excluding hydrogens is 299 g/mol. The molecule has 2 N–H and O–H groups in total. The van der Waals surface area contributed by atoms with Crippen LogP contribution in [0.3, 0.4) is 0 Å². The summed E-state index contributed by atoms with van der Waals surface area (Å²) in [4.78, 5) is 26.0. The molecule has 1 aliphatic rings. The number of likely N-dealkylation sites (tertiary alicyclic amines) is 1. The first kappa shape index (κ1) is 17.4. The van der Waals surface area contributed by atoms with E-state index in [1.807, 2.05) is 0 Å². The molecular formula is C17H23FN2O3. The number of aliphatic hydroxyl groups is 1. The Hall–Kier alpha value is -1.95. The van der Waals surface area contributed by atoms with Gasteiger partial charge in [-0.25, -0.2) is 4.39 Å². The number of amides is 2. The van der Waals surface area contributed by atoms with E-state index in [4.69, 9.17) is 0 Å². The van der Waals surface area contributed by atoms with Crippen molar-refractivity contribution in [2.75, 3.05) is 18.4 Å². The molecule has 23 heavy (non-hydrogen) atoms. The fourth-order valence-corrected chi connectivity index (χ4v) is 2.32. The monoisotopic (exact) mass is 322 g/mol. The molecule has 0 aromatic heterocycles. The Morgan fingerprint density at radius 1 is 1.26 bits per heavy atom. The second kappa shape index (κ2) is 6.66. The van der Waals surface area contributed by atoms with E-state index in [0.29, 0.717) is 31.6 Å². The van der Waals surface area contributed by atoms with Crippen LogP contribution in [0.25, 0.3) is 0 Å². The number of halogens is 1. The third-order valence-corrected chi connectivity index (χ3v) is 3.89. The van der Waals surface area contributed by atoms with E-state index in [1.165, 1.54) is 23.1 Å².